The normalized spacial score (nSPS) is 11.0. The number of hydrogen-bond acceptors (Lipinski definition) is 3. The summed E-state index contributed by atoms with van der Waals surface area (Å²) in [6.45, 7) is 3.30. The van der Waals surface area contributed by atoms with Gasteiger partial charge in [0.15, 0.2) is 0 Å². The van der Waals surface area contributed by atoms with Gasteiger partial charge in [-0.3, -0.25) is 0 Å². The lowest BCUT2D eigenvalue weighted by atomic mass is 10.1. The predicted octanol–water partition coefficient (Wildman–Crippen LogP) is 3.03. The topological polar surface area (TPSA) is 56.0 Å². The summed E-state index contributed by atoms with van der Waals surface area (Å²) in [6.07, 6.45) is 0. The fraction of sp³-hybridized carbons (Fsp3) is 0.211. The van der Waals surface area contributed by atoms with Crippen LogP contribution in [0, 0.1) is 6.92 Å². The van der Waals surface area contributed by atoms with Crippen LogP contribution in [-0.2, 0) is 13.1 Å². The van der Waals surface area contributed by atoms with E-state index in [2.05, 4.69) is 5.32 Å². The molecule has 0 aliphatic rings. The van der Waals surface area contributed by atoms with Gasteiger partial charge in [0.25, 0.3) is 0 Å². The van der Waals surface area contributed by atoms with Crippen LogP contribution < -0.4 is 15.7 Å². The van der Waals surface area contributed by atoms with Gasteiger partial charge in [-0.05, 0) is 36.8 Å². The quantitative estimate of drug-likeness (QED) is 0.724. The molecule has 2 aromatic carbocycles. The van der Waals surface area contributed by atoms with Crippen LogP contribution in [0.2, 0.25) is 5.02 Å². The molecular weight excluding hydrogens is 326 g/mol. The highest BCUT2D eigenvalue weighted by Crippen LogP contribution is 2.24. The SMILES string of the molecule is COc1ccccc1C[NH2+]Cc1cc(=O)oc2cc(C)c(Cl)cc12. The molecular formula is C19H19ClNO3+. The van der Waals surface area contributed by atoms with Crippen molar-refractivity contribution in [3.8, 4) is 5.75 Å². The summed E-state index contributed by atoms with van der Waals surface area (Å²) in [4.78, 5) is 11.8. The second kappa shape index (κ2) is 7.07. The number of methoxy groups -OCH3 is 1. The van der Waals surface area contributed by atoms with Crippen molar-refractivity contribution in [3.63, 3.8) is 0 Å². The van der Waals surface area contributed by atoms with Crippen LogP contribution in [0.5, 0.6) is 5.75 Å². The summed E-state index contributed by atoms with van der Waals surface area (Å²) in [6, 6.07) is 13.1. The summed E-state index contributed by atoms with van der Waals surface area (Å²) in [5, 5.41) is 3.67. The minimum Gasteiger partial charge on any atom is -0.496 e. The molecule has 4 nitrogen and oxygen atoms in total. The number of benzene rings is 2. The standard InChI is InChI=1S/C19H18ClNO3/c1-12-7-18-15(9-16(12)20)14(8-19(22)24-18)11-21-10-13-5-3-4-6-17(13)23-2/h3-9,21H,10-11H2,1-2H3/p+1. The molecule has 24 heavy (non-hydrogen) atoms. The monoisotopic (exact) mass is 344 g/mol. The first-order valence-corrected chi connectivity index (χ1v) is 8.12. The Morgan fingerprint density at radius 2 is 1.88 bits per heavy atom. The molecule has 0 unspecified atom stereocenters. The van der Waals surface area contributed by atoms with Crippen molar-refractivity contribution in [2.75, 3.05) is 7.11 Å². The number of quaternary nitrogens is 1. The van der Waals surface area contributed by atoms with E-state index in [-0.39, 0.29) is 5.63 Å². The molecule has 0 spiro atoms. The second-order valence-corrected chi connectivity index (χ2v) is 6.10. The zero-order valence-corrected chi connectivity index (χ0v) is 14.4. The Morgan fingerprint density at radius 1 is 1.12 bits per heavy atom. The summed E-state index contributed by atoms with van der Waals surface area (Å²) < 4.78 is 10.7. The van der Waals surface area contributed by atoms with Gasteiger partial charge in [-0.1, -0.05) is 23.7 Å². The number of nitrogens with two attached hydrogens (primary N) is 1. The lowest BCUT2D eigenvalue weighted by Gasteiger charge is -2.09. The molecule has 0 fully saturated rings. The molecule has 0 radical (unpaired) electrons. The number of hydrogen-bond donors (Lipinski definition) is 1. The number of ether oxygens (including phenoxy) is 1. The molecule has 3 rings (SSSR count). The van der Waals surface area contributed by atoms with Gasteiger partial charge < -0.3 is 14.5 Å². The summed E-state index contributed by atoms with van der Waals surface area (Å²) in [5.41, 5.74) is 3.15. The van der Waals surface area contributed by atoms with E-state index in [4.69, 9.17) is 20.8 Å². The van der Waals surface area contributed by atoms with E-state index in [9.17, 15) is 4.79 Å². The highest BCUT2D eigenvalue weighted by molar-refractivity contribution is 6.32. The van der Waals surface area contributed by atoms with Crippen molar-refractivity contribution < 1.29 is 14.5 Å². The third-order valence-corrected chi connectivity index (χ3v) is 4.44. The Balaban J connectivity index is 1.85. The largest absolute Gasteiger partial charge is 0.496 e. The molecule has 0 atom stereocenters. The Hall–Kier alpha value is -2.30. The van der Waals surface area contributed by atoms with E-state index >= 15 is 0 Å². The molecule has 1 aromatic heterocycles. The Labute approximate surface area is 145 Å². The van der Waals surface area contributed by atoms with E-state index < -0.39 is 0 Å². The average molecular weight is 345 g/mol. The lowest BCUT2D eigenvalue weighted by molar-refractivity contribution is -0.686. The van der Waals surface area contributed by atoms with E-state index in [1.165, 1.54) is 6.07 Å². The molecule has 0 saturated carbocycles. The molecule has 124 valence electrons. The van der Waals surface area contributed by atoms with Crippen LogP contribution in [0.25, 0.3) is 11.0 Å². The van der Waals surface area contributed by atoms with Gasteiger partial charge in [0.05, 0.1) is 7.11 Å². The van der Waals surface area contributed by atoms with Crippen LogP contribution in [-0.4, -0.2) is 7.11 Å². The van der Waals surface area contributed by atoms with Crippen LogP contribution in [0.1, 0.15) is 16.7 Å². The zero-order chi connectivity index (χ0) is 17.1. The lowest BCUT2D eigenvalue weighted by Crippen LogP contribution is -2.80. The van der Waals surface area contributed by atoms with Crippen LogP contribution in [0.3, 0.4) is 0 Å². The van der Waals surface area contributed by atoms with Crippen molar-refractivity contribution in [1.82, 2.24) is 0 Å². The van der Waals surface area contributed by atoms with Crippen molar-refractivity contribution >= 4 is 22.6 Å². The highest BCUT2D eigenvalue weighted by Gasteiger charge is 2.10. The molecule has 0 bridgehead atoms. The van der Waals surface area contributed by atoms with E-state index in [0.717, 1.165) is 34.4 Å². The van der Waals surface area contributed by atoms with Crippen molar-refractivity contribution in [3.05, 3.63) is 74.6 Å². The molecule has 0 aliphatic carbocycles. The van der Waals surface area contributed by atoms with E-state index in [1.807, 2.05) is 43.3 Å². The minimum atomic E-state index is -0.343. The predicted molar refractivity (Wildman–Crippen MR) is 94.6 cm³/mol. The maximum Gasteiger partial charge on any atom is 0.336 e. The fourth-order valence-corrected chi connectivity index (χ4v) is 2.94. The molecule has 0 aliphatic heterocycles. The first-order valence-electron chi connectivity index (χ1n) is 7.75. The van der Waals surface area contributed by atoms with Crippen LogP contribution >= 0.6 is 11.6 Å². The van der Waals surface area contributed by atoms with Gasteiger partial charge in [-0.25, -0.2) is 4.79 Å². The number of halogens is 1. The molecule has 0 saturated heterocycles. The fourth-order valence-electron chi connectivity index (χ4n) is 2.77. The van der Waals surface area contributed by atoms with E-state index in [0.29, 0.717) is 17.2 Å². The smallest absolute Gasteiger partial charge is 0.336 e. The number of para-hydroxylation sites is 1. The van der Waals surface area contributed by atoms with Crippen molar-refractivity contribution in [2.24, 2.45) is 0 Å². The first kappa shape index (κ1) is 16.6. The third kappa shape index (κ3) is 3.45. The zero-order valence-electron chi connectivity index (χ0n) is 13.6. The maximum absolute atomic E-state index is 11.8. The van der Waals surface area contributed by atoms with Gasteiger partial charge in [0.2, 0.25) is 0 Å². The van der Waals surface area contributed by atoms with Gasteiger partial charge in [0.1, 0.15) is 24.4 Å². The molecule has 3 aromatic rings. The third-order valence-electron chi connectivity index (χ3n) is 4.03. The number of fused-ring (bicyclic) bond motifs is 1. The Bertz CT molecular complexity index is 934. The van der Waals surface area contributed by atoms with E-state index in [1.54, 1.807) is 7.11 Å². The highest BCUT2D eigenvalue weighted by atomic mass is 35.5. The van der Waals surface area contributed by atoms with Gasteiger partial charge in [-0.2, -0.15) is 0 Å². The van der Waals surface area contributed by atoms with Crippen LogP contribution in [0.15, 0.2) is 51.7 Å². The summed E-state index contributed by atoms with van der Waals surface area (Å²) >= 11 is 6.22. The first-order chi connectivity index (χ1) is 11.6. The minimum absolute atomic E-state index is 0.343. The molecule has 2 N–H and O–H groups in total. The Morgan fingerprint density at radius 3 is 2.67 bits per heavy atom. The van der Waals surface area contributed by atoms with Crippen LogP contribution in [0.4, 0.5) is 0 Å². The number of aryl methyl sites for hydroxylation is 1. The van der Waals surface area contributed by atoms with Crippen molar-refractivity contribution in [2.45, 2.75) is 20.0 Å². The molecule has 5 heteroatoms. The van der Waals surface area contributed by atoms with Gasteiger partial charge >= 0.3 is 5.63 Å². The second-order valence-electron chi connectivity index (χ2n) is 5.70. The van der Waals surface area contributed by atoms with Gasteiger partial charge in [0, 0.05) is 27.6 Å². The Kier molecular flexibility index (Phi) is 4.88. The van der Waals surface area contributed by atoms with Crippen molar-refractivity contribution in [1.29, 1.82) is 0 Å². The van der Waals surface area contributed by atoms with Gasteiger partial charge in [-0.15, -0.1) is 0 Å². The molecule has 0 amide bonds. The molecule has 1 heterocycles. The number of rotatable bonds is 5. The summed E-state index contributed by atoms with van der Waals surface area (Å²) in [7, 11) is 1.67. The summed E-state index contributed by atoms with van der Waals surface area (Å²) in [5.74, 6) is 0.866. The average Bonchev–Trinajstić information content (AvgIpc) is 2.57. The maximum atomic E-state index is 11.8.